The lowest BCUT2D eigenvalue weighted by Crippen LogP contribution is -2.39. The summed E-state index contributed by atoms with van der Waals surface area (Å²) in [5.74, 6) is -0.734. The number of aliphatic carboxylic acids is 1. The van der Waals surface area contributed by atoms with Crippen molar-refractivity contribution < 1.29 is 9.90 Å². The van der Waals surface area contributed by atoms with Gasteiger partial charge in [0.2, 0.25) is 0 Å². The summed E-state index contributed by atoms with van der Waals surface area (Å²) >= 11 is 13.7. The molecule has 2 aromatic rings. The Labute approximate surface area is 156 Å². The van der Waals surface area contributed by atoms with Crippen LogP contribution in [0.15, 0.2) is 30.3 Å². The van der Waals surface area contributed by atoms with Crippen molar-refractivity contribution in [2.24, 2.45) is 5.41 Å². The van der Waals surface area contributed by atoms with E-state index in [9.17, 15) is 9.90 Å². The largest absolute Gasteiger partial charge is 0.481 e. The maximum atomic E-state index is 11.5. The van der Waals surface area contributed by atoms with Crippen LogP contribution >= 0.6 is 34.5 Å². The van der Waals surface area contributed by atoms with E-state index in [0.717, 1.165) is 15.3 Å². The van der Waals surface area contributed by atoms with Gasteiger partial charge in [0.05, 0.1) is 15.5 Å². The van der Waals surface area contributed by atoms with E-state index in [-0.39, 0.29) is 0 Å². The Bertz CT molecular complexity index is 711. The number of carboxylic acid groups (broad SMARTS) is 1. The third kappa shape index (κ3) is 4.31. The average molecular weight is 386 g/mol. The van der Waals surface area contributed by atoms with Gasteiger partial charge >= 0.3 is 5.97 Å². The quantitative estimate of drug-likeness (QED) is 0.612. The predicted molar refractivity (Wildman–Crippen MR) is 102 cm³/mol. The number of hydrogen-bond acceptors (Lipinski definition) is 3. The number of carboxylic acids is 1. The number of nitrogens with one attached hydrogen (secondary N) is 1. The first-order valence-electron chi connectivity index (χ1n) is 7.90. The number of carbonyl (C=O) groups is 1. The SMILES string of the molecule is CCC(CC)(CNCc1ccc(-c2ccc(Cl)c(Cl)c2)s1)C(=O)O. The molecular formula is C18H21Cl2NO2S. The Kier molecular flexibility index (Phi) is 6.70. The second-order valence-corrected chi connectivity index (χ2v) is 7.77. The molecule has 0 aliphatic heterocycles. The lowest BCUT2D eigenvalue weighted by Gasteiger charge is -2.26. The zero-order valence-corrected chi connectivity index (χ0v) is 16.1. The summed E-state index contributed by atoms with van der Waals surface area (Å²) in [5, 5.41) is 13.8. The monoisotopic (exact) mass is 385 g/mol. The van der Waals surface area contributed by atoms with Gasteiger partial charge in [-0.1, -0.05) is 43.1 Å². The third-order valence-electron chi connectivity index (χ3n) is 4.44. The van der Waals surface area contributed by atoms with Gasteiger partial charge in [-0.15, -0.1) is 11.3 Å². The van der Waals surface area contributed by atoms with Crippen LogP contribution in [0.5, 0.6) is 0 Å². The molecule has 130 valence electrons. The number of halogens is 2. The van der Waals surface area contributed by atoms with Crippen molar-refractivity contribution in [1.29, 1.82) is 0 Å². The van der Waals surface area contributed by atoms with E-state index in [1.165, 1.54) is 0 Å². The number of hydrogen-bond donors (Lipinski definition) is 2. The standard InChI is InChI=1S/C18H21Cl2NO2S/c1-3-18(4-2,17(22)23)11-21-10-13-6-8-16(24-13)12-5-7-14(19)15(20)9-12/h5-9,21H,3-4,10-11H2,1-2H3,(H,22,23). The van der Waals surface area contributed by atoms with Crippen LogP contribution in [0.1, 0.15) is 31.6 Å². The first kappa shape index (κ1) is 19.3. The van der Waals surface area contributed by atoms with Crippen molar-refractivity contribution in [3.8, 4) is 10.4 Å². The molecule has 0 aliphatic rings. The maximum Gasteiger partial charge on any atom is 0.310 e. The molecule has 0 radical (unpaired) electrons. The number of thiophene rings is 1. The van der Waals surface area contributed by atoms with Crippen LogP contribution in [0.2, 0.25) is 10.0 Å². The molecule has 24 heavy (non-hydrogen) atoms. The molecule has 6 heteroatoms. The van der Waals surface area contributed by atoms with E-state index >= 15 is 0 Å². The van der Waals surface area contributed by atoms with E-state index in [0.29, 0.717) is 36.0 Å². The Morgan fingerprint density at radius 2 is 1.88 bits per heavy atom. The van der Waals surface area contributed by atoms with Crippen molar-refractivity contribution in [2.75, 3.05) is 6.54 Å². The highest BCUT2D eigenvalue weighted by atomic mass is 35.5. The van der Waals surface area contributed by atoms with Crippen LogP contribution in [0.4, 0.5) is 0 Å². The van der Waals surface area contributed by atoms with Gasteiger partial charge in [-0.25, -0.2) is 0 Å². The first-order valence-corrected chi connectivity index (χ1v) is 9.47. The number of benzene rings is 1. The minimum Gasteiger partial charge on any atom is -0.481 e. The normalized spacial score (nSPS) is 11.7. The Balaban J connectivity index is 2.01. The molecule has 0 atom stereocenters. The molecule has 2 N–H and O–H groups in total. The summed E-state index contributed by atoms with van der Waals surface area (Å²) < 4.78 is 0. The van der Waals surface area contributed by atoms with E-state index in [1.807, 2.05) is 32.0 Å². The van der Waals surface area contributed by atoms with Crippen molar-refractivity contribution in [3.63, 3.8) is 0 Å². The van der Waals surface area contributed by atoms with Crippen molar-refractivity contribution >= 4 is 40.5 Å². The number of rotatable bonds is 8. The minimum absolute atomic E-state index is 0.468. The van der Waals surface area contributed by atoms with Gasteiger partial charge in [0.1, 0.15) is 0 Å². The molecule has 0 bridgehead atoms. The smallest absolute Gasteiger partial charge is 0.310 e. The highest BCUT2D eigenvalue weighted by Gasteiger charge is 2.34. The fourth-order valence-corrected chi connectivity index (χ4v) is 3.85. The molecule has 0 spiro atoms. The molecule has 1 aromatic heterocycles. The summed E-state index contributed by atoms with van der Waals surface area (Å²) in [7, 11) is 0. The predicted octanol–water partition coefficient (Wildman–Crippen LogP) is 5.70. The van der Waals surface area contributed by atoms with Crippen LogP contribution in [0.25, 0.3) is 10.4 Å². The van der Waals surface area contributed by atoms with E-state index in [2.05, 4.69) is 11.4 Å². The molecule has 0 saturated carbocycles. The third-order valence-corrected chi connectivity index (χ3v) is 6.31. The highest BCUT2D eigenvalue weighted by Crippen LogP contribution is 2.33. The van der Waals surface area contributed by atoms with Crippen molar-refractivity contribution in [3.05, 3.63) is 45.3 Å². The lowest BCUT2D eigenvalue weighted by molar-refractivity contribution is -0.149. The van der Waals surface area contributed by atoms with Crippen LogP contribution in [-0.4, -0.2) is 17.6 Å². The van der Waals surface area contributed by atoms with Gasteiger partial charge in [0.15, 0.2) is 0 Å². The van der Waals surface area contributed by atoms with Crippen LogP contribution in [-0.2, 0) is 11.3 Å². The molecule has 0 fully saturated rings. The average Bonchev–Trinajstić information content (AvgIpc) is 3.03. The van der Waals surface area contributed by atoms with Crippen LogP contribution in [0, 0.1) is 5.41 Å². The Morgan fingerprint density at radius 1 is 1.17 bits per heavy atom. The first-order chi connectivity index (χ1) is 11.4. The fraction of sp³-hybridized carbons (Fsp3) is 0.389. The van der Waals surface area contributed by atoms with Gasteiger partial charge in [-0.3, -0.25) is 4.79 Å². The zero-order chi connectivity index (χ0) is 17.7. The summed E-state index contributed by atoms with van der Waals surface area (Å²) in [6, 6.07) is 9.69. The molecule has 0 saturated heterocycles. The van der Waals surface area contributed by atoms with E-state index < -0.39 is 11.4 Å². The summed E-state index contributed by atoms with van der Waals surface area (Å²) in [6.45, 7) is 4.97. The molecule has 1 aromatic carbocycles. The summed E-state index contributed by atoms with van der Waals surface area (Å²) in [5.41, 5.74) is 0.340. The van der Waals surface area contributed by atoms with Gasteiger partial charge in [-0.2, -0.15) is 0 Å². The van der Waals surface area contributed by atoms with Crippen LogP contribution < -0.4 is 5.32 Å². The summed E-state index contributed by atoms with van der Waals surface area (Å²) in [4.78, 5) is 13.8. The topological polar surface area (TPSA) is 49.3 Å². The van der Waals surface area contributed by atoms with Gasteiger partial charge in [0.25, 0.3) is 0 Å². The maximum absolute atomic E-state index is 11.5. The molecule has 1 heterocycles. The fourth-order valence-electron chi connectivity index (χ4n) is 2.58. The second-order valence-electron chi connectivity index (χ2n) is 5.79. The lowest BCUT2D eigenvalue weighted by atomic mass is 9.82. The van der Waals surface area contributed by atoms with E-state index in [4.69, 9.17) is 23.2 Å². The Morgan fingerprint density at radius 3 is 2.46 bits per heavy atom. The second kappa shape index (κ2) is 8.34. The van der Waals surface area contributed by atoms with Gasteiger partial charge in [0, 0.05) is 22.8 Å². The zero-order valence-electron chi connectivity index (χ0n) is 13.7. The molecule has 0 amide bonds. The molecular weight excluding hydrogens is 365 g/mol. The summed E-state index contributed by atoms with van der Waals surface area (Å²) in [6.07, 6.45) is 1.23. The molecule has 3 nitrogen and oxygen atoms in total. The minimum atomic E-state index is -0.734. The van der Waals surface area contributed by atoms with Crippen molar-refractivity contribution in [1.82, 2.24) is 5.32 Å². The molecule has 0 unspecified atom stereocenters. The Hall–Kier alpha value is -1.07. The molecule has 2 rings (SSSR count). The van der Waals surface area contributed by atoms with E-state index in [1.54, 1.807) is 17.4 Å². The molecule has 0 aliphatic carbocycles. The van der Waals surface area contributed by atoms with Crippen molar-refractivity contribution in [2.45, 2.75) is 33.2 Å². The van der Waals surface area contributed by atoms with Crippen LogP contribution in [0.3, 0.4) is 0 Å². The van der Waals surface area contributed by atoms with Gasteiger partial charge < -0.3 is 10.4 Å². The van der Waals surface area contributed by atoms with Gasteiger partial charge in [-0.05, 0) is 42.7 Å². The highest BCUT2D eigenvalue weighted by molar-refractivity contribution is 7.15.